The summed E-state index contributed by atoms with van der Waals surface area (Å²) in [7, 11) is 0. The molecule has 0 unspecified atom stereocenters. The summed E-state index contributed by atoms with van der Waals surface area (Å²) in [5, 5.41) is 43.8. The molecule has 0 amide bonds. The maximum atomic E-state index is 11.4. The molecule has 0 aliphatic carbocycles. The lowest BCUT2D eigenvalue weighted by molar-refractivity contribution is 0.457. The van der Waals surface area contributed by atoms with Gasteiger partial charge in [-0.1, -0.05) is 127 Å². The highest BCUT2D eigenvalue weighted by atomic mass is 16.3. The van der Waals surface area contributed by atoms with Crippen molar-refractivity contribution < 1.29 is 20.4 Å². The van der Waals surface area contributed by atoms with E-state index in [0.29, 0.717) is 35.1 Å². The third-order valence-electron chi connectivity index (χ3n) is 8.05. The molecular weight excluding hydrogens is 532 g/mol. The van der Waals surface area contributed by atoms with Crippen LogP contribution in [0.1, 0.15) is 22.6 Å². The van der Waals surface area contributed by atoms with Crippen LogP contribution in [-0.4, -0.2) is 20.4 Å². The molecule has 6 rings (SSSR count). The fourth-order valence-electron chi connectivity index (χ4n) is 5.77. The van der Waals surface area contributed by atoms with Gasteiger partial charge in [0.2, 0.25) is 0 Å². The van der Waals surface area contributed by atoms with Crippen LogP contribution in [0.2, 0.25) is 0 Å². The van der Waals surface area contributed by atoms with E-state index in [1.165, 1.54) is 0 Å². The molecule has 43 heavy (non-hydrogen) atoms. The standard InChI is InChI=1S/C39H32O4/c40-36-18-6-4-14-32(36)34-16-8-12-29(38(34)42)24-31(28-22-20-27(21-23-28)26-10-2-1-3-11-26)25-30-13-9-17-35(39(30)43)33-15-5-7-19-37(33)41/h1-23,31,40-43H,24-25H2. The Balaban J connectivity index is 1.39. The molecule has 0 heterocycles. The molecular formula is C39H32O4. The van der Waals surface area contributed by atoms with E-state index in [0.717, 1.165) is 27.8 Å². The molecule has 4 heteroatoms. The summed E-state index contributed by atoms with van der Waals surface area (Å²) in [6.07, 6.45) is 0.996. The van der Waals surface area contributed by atoms with Crippen LogP contribution >= 0.6 is 0 Å². The normalized spacial score (nSPS) is 11.1. The van der Waals surface area contributed by atoms with Crippen molar-refractivity contribution in [3.63, 3.8) is 0 Å². The molecule has 0 atom stereocenters. The molecule has 0 radical (unpaired) electrons. The van der Waals surface area contributed by atoms with E-state index in [1.54, 1.807) is 48.5 Å². The summed E-state index contributed by atoms with van der Waals surface area (Å²) in [5.41, 5.74) is 7.07. The van der Waals surface area contributed by atoms with Crippen LogP contribution in [0.25, 0.3) is 33.4 Å². The van der Waals surface area contributed by atoms with Crippen LogP contribution in [0, 0.1) is 0 Å². The van der Waals surface area contributed by atoms with Gasteiger partial charge in [-0.05, 0) is 58.7 Å². The van der Waals surface area contributed by atoms with E-state index in [1.807, 2.05) is 54.6 Å². The Hall–Kier alpha value is -5.48. The van der Waals surface area contributed by atoms with Gasteiger partial charge in [-0.25, -0.2) is 0 Å². The lowest BCUT2D eigenvalue weighted by Gasteiger charge is -2.21. The molecule has 4 nitrogen and oxygen atoms in total. The number of hydrogen-bond donors (Lipinski definition) is 4. The minimum Gasteiger partial charge on any atom is -0.507 e. The highest BCUT2D eigenvalue weighted by molar-refractivity contribution is 5.77. The first kappa shape index (κ1) is 27.7. The quantitative estimate of drug-likeness (QED) is 0.149. The number of aromatic hydroxyl groups is 4. The van der Waals surface area contributed by atoms with E-state index in [4.69, 9.17) is 0 Å². The summed E-state index contributed by atoms with van der Waals surface area (Å²) in [5.74, 6) is 0.368. The topological polar surface area (TPSA) is 80.9 Å². The fourth-order valence-corrected chi connectivity index (χ4v) is 5.77. The van der Waals surface area contributed by atoms with Gasteiger partial charge in [0.25, 0.3) is 0 Å². The highest BCUT2D eigenvalue weighted by Gasteiger charge is 2.21. The van der Waals surface area contributed by atoms with Gasteiger partial charge < -0.3 is 20.4 Å². The van der Waals surface area contributed by atoms with Crippen LogP contribution in [0.5, 0.6) is 23.0 Å². The maximum Gasteiger partial charge on any atom is 0.126 e. The van der Waals surface area contributed by atoms with E-state index in [-0.39, 0.29) is 28.9 Å². The Kier molecular flexibility index (Phi) is 7.84. The van der Waals surface area contributed by atoms with Gasteiger partial charge in [-0.2, -0.15) is 0 Å². The molecule has 0 aliphatic rings. The Morgan fingerprint density at radius 2 is 0.791 bits per heavy atom. The van der Waals surface area contributed by atoms with Crippen molar-refractivity contribution in [2.45, 2.75) is 18.8 Å². The predicted octanol–water partition coefficient (Wildman–Crippen LogP) is 9.08. The van der Waals surface area contributed by atoms with Crippen LogP contribution in [0.3, 0.4) is 0 Å². The first-order valence-electron chi connectivity index (χ1n) is 14.3. The fraction of sp³-hybridized carbons (Fsp3) is 0.0769. The van der Waals surface area contributed by atoms with E-state index in [9.17, 15) is 20.4 Å². The Morgan fingerprint density at radius 3 is 1.28 bits per heavy atom. The second-order valence-electron chi connectivity index (χ2n) is 10.8. The first-order valence-corrected chi connectivity index (χ1v) is 14.3. The van der Waals surface area contributed by atoms with Gasteiger partial charge in [0, 0.05) is 22.3 Å². The maximum absolute atomic E-state index is 11.4. The third kappa shape index (κ3) is 5.81. The predicted molar refractivity (Wildman–Crippen MR) is 172 cm³/mol. The largest absolute Gasteiger partial charge is 0.507 e. The molecule has 0 aliphatic heterocycles. The van der Waals surface area contributed by atoms with Crippen LogP contribution in [-0.2, 0) is 12.8 Å². The number of phenolic OH excluding ortho intramolecular Hbond substituents is 4. The van der Waals surface area contributed by atoms with Crippen molar-refractivity contribution in [3.05, 3.63) is 156 Å². The molecule has 0 saturated heterocycles. The van der Waals surface area contributed by atoms with Gasteiger partial charge in [0.05, 0.1) is 0 Å². The van der Waals surface area contributed by atoms with Gasteiger partial charge in [0.1, 0.15) is 23.0 Å². The molecule has 0 saturated carbocycles. The van der Waals surface area contributed by atoms with Crippen LogP contribution in [0.4, 0.5) is 0 Å². The minimum atomic E-state index is -0.0964. The molecule has 6 aromatic carbocycles. The number of benzene rings is 6. The summed E-state index contributed by atoms with van der Waals surface area (Å²) < 4.78 is 0. The summed E-state index contributed by atoms with van der Waals surface area (Å²) in [6, 6.07) is 43.8. The number of rotatable bonds is 8. The molecule has 212 valence electrons. The Bertz CT molecular complexity index is 1760. The van der Waals surface area contributed by atoms with Crippen molar-refractivity contribution in [2.75, 3.05) is 0 Å². The highest BCUT2D eigenvalue weighted by Crippen LogP contribution is 2.42. The monoisotopic (exact) mass is 564 g/mol. The molecule has 0 bridgehead atoms. The second-order valence-corrected chi connectivity index (χ2v) is 10.8. The number of hydrogen-bond acceptors (Lipinski definition) is 4. The second kappa shape index (κ2) is 12.2. The molecule has 0 spiro atoms. The van der Waals surface area contributed by atoms with Gasteiger partial charge >= 0.3 is 0 Å². The Morgan fingerprint density at radius 1 is 0.372 bits per heavy atom. The molecule has 0 fully saturated rings. The van der Waals surface area contributed by atoms with Gasteiger partial charge in [-0.15, -0.1) is 0 Å². The minimum absolute atomic E-state index is 0.0964. The zero-order chi connectivity index (χ0) is 29.8. The van der Waals surface area contributed by atoms with Crippen molar-refractivity contribution in [3.8, 4) is 56.4 Å². The summed E-state index contributed by atoms with van der Waals surface area (Å²) >= 11 is 0. The van der Waals surface area contributed by atoms with Crippen LogP contribution in [0.15, 0.2) is 140 Å². The zero-order valence-electron chi connectivity index (χ0n) is 23.6. The lowest BCUT2D eigenvalue weighted by atomic mass is 9.84. The smallest absolute Gasteiger partial charge is 0.126 e. The average Bonchev–Trinajstić information content (AvgIpc) is 3.04. The summed E-state index contributed by atoms with van der Waals surface area (Å²) in [4.78, 5) is 0. The lowest BCUT2D eigenvalue weighted by Crippen LogP contribution is -2.08. The SMILES string of the molecule is Oc1ccccc1-c1cccc(CC(Cc2cccc(-c3ccccc3O)c2O)c2ccc(-c3ccccc3)cc2)c1O. The van der Waals surface area contributed by atoms with Crippen molar-refractivity contribution >= 4 is 0 Å². The van der Waals surface area contributed by atoms with E-state index in [2.05, 4.69) is 36.4 Å². The molecule has 0 aromatic heterocycles. The Labute approximate surface area is 251 Å². The molecule has 4 N–H and O–H groups in total. The van der Waals surface area contributed by atoms with Gasteiger partial charge in [-0.3, -0.25) is 0 Å². The number of para-hydroxylation sites is 4. The average molecular weight is 565 g/mol. The van der Waals surface area contributed by atoms with Crippen molar-refractivity contribution in [1.82, 2.24) is 0 Å². The zero-order valence-corrected chi connectivity index (χ0v) is 23.6. The van der Waals surface area contributed by atoms with Gasteiger partial charge in [0.15, 0.2) is 0 Å². The van der Waals surface area contributed by atoms with Crippen molar-refractivity contribution in [1.29, 1.82) is 0 Å². The first-order chi connectivity index (χ1) is 21.0. The summed E-state index contributed by atoms with van der Waals surface area (Å²) in [6.45, 7) is 0. The third-order valence-corrected chi connectivity index (χ3v) is 8.05. The molecule has 6 aromatic rings. The van der Waals surface area contributed by atoms with E-state index >= 15 is 0 Å². The van der Waals surface area contributed by atoms with E-state index < -0.39 is 0 Å². The van der Waals surface area contributed by atoms with Crippen LogP contribution < -0.4 is 0 Å². The van der Waals surface area contributed by atoms with Crippen molar-refractivity contribution in [2.24, 2.45) is 0 Å². The number of phenols is 4.